The second-order valence-electron chi connectivity index (χ2n) is 12.1. The van der Waals surface area contributed by atoms with E-state index in [1.165, 1.54) is 83.5 Å². The fourth-order valence-corrected chi connectivity index (χ4v) is 5.10. The molecule has 1 unspecified atom stereocenters. The monoisotopic (exact) mass is 601 g/mol. The summed E-state index contributed by atoms with van der Waals surface area (Å²) in [6, 6.07) is 0. The van der Waals surface area contributed by atoms with Gasteiger partial charge in [0.05, 0.1) is 0 Å². The third-order valence-electron chi connectivity index (χ3n) is 7.82. The van der Waals surface area contributed by atoms with Crippen molar-refractivity contribution in [1.82, 2.24) is 0 Å². The van der Waals surface area contributed by atoms with Crippen molar-refractivity contribution in [3.05, 3.63) is 48.6 Å². The van der Waals surface area contributed by atoms with Crippen LogP contribution in [0, 0.1) is 0 Å². The first-order chi connectivity index (χ1) is 21.1. The summed E-state index contributed by atoms with van der Waals surface area (Å²) in [6.07, 6.45) is 45.5. The molecule has 0 rings (SSSR count). The number of carbonyl (C=O) groups is 2. The Morgan fingerprint density at radius 2 is 0.930 bits per heavy atom. The molecule has 0 aliphatic carbocycles. The van der Waals surface area contributed by atoms with Crippen LogP contribution in [0.1, 0.15) is 181 Å². The quantitative estimate of drug-likeness (QED) is 0.0474. The summed E-state index contributed by atoms with van der Waals surface area (Å²) in [5.74, 6) is -0.980. The summed E-state index contributed by atoms with van der Waals surface area (Å²) in [6.45, 7) is 4.48. The van der Waals surface area contributed by atoms with Gasteiger partial charge in [0.25, 0.3) is 0 Å². The summed E-state index contributed by atoms with van der Waals surface area (Å²) in [7, 11) is 0. The van der Waals surface area contributed by atoms with E-state index in [1.807, 2.05) is 0 Å². The van der Waals surface area contributed by atoms with E-state index in [0.29, 0.717) is 12.8 Å². The Morgan fingerprint density at radius 3 is 1.47 bits per heavy atom. The van der Waals surface area contributed by atoms with Crippen LogP contribution < -0.4 is 0 Å². The van der Waals surface area contributed by atoms with Gasteiger partial charge in [0.15, 0.2) is 0 Å². The van der Waals surface area contributed by atoms with Gasteiger partial charge in [-0.25, -0.2) is 0 Å². The predicted molar refractivity (Wildman–Crippen MR) is 185 cm³/mol. The molecule has 0 aromatic heterocycles. The number of allylic oxidation sites excluding steroid dienone is 8. The molecule has 0 aliphatic heterocycles. The van der Waals surface area contributed by atoms with Crippen molar-refractivity contribution in [1.29, 1.82) is 0 Å². The summed E-state index contributed by atoms with van der Waals surface area (Å²) >= 11 is 0. The van der Waals surface area contributed by atoms with Crippen molar-refractivity contribution in [2.45, 2.75) is 187 Å². The van der Waals surface area contributed by atoms with Crippen molar-refractivity contribution in [2.75, 3.05) is 0 Å². The van der Waals surface area contributed by atoms with Gasteiger partial charge >= 0.3 is 11.9 Å². The largest absolute Gasteiger partial charge is 0.481 e. The van der Waals surface area contributed by atoms with Crippen LogP contribution in [0.2, 0.25) is 0 Å². The zero-order valence-electron chi connectivity index (χ0n) is 28.3. The lowest BCUT2D eigenvalue weighted by Crippen LogP contribution is -2.19. The van der Waals surface area contributed by atoms with Crippen LogP contribution in [-0.2, 0) is 14.3 Å². The fourth-order valence-electron chi connectivity index (χ4n) is 5.10. The van der Waals surface area contributed by atoms with E-state index < -0.39 is 5.97 Å². The maximum Gasteiger partial charge on any atom is 0.306 e. The SMILES string of the molecule is CCCCC/C=C\C/C=C\C/C=C\C/C=C\CCCCCCCC(=O)OC(CCCCCCCCCCC)CCC(=O)O. The highest BCUT2D eigenvalue weighted by atomic mass is 16.5. The molecule has 0 fully saturated rings. The molecule has 0 spiro atoms. The number of rotatable bonds is 32. The van der Waals surface area contributed by atoms with Crippen molar-refractivity contribution < 1.29 is 19.4 Å². The lowest BCUT2D eigenvalue weighted by Gasteiger charge is -2.17. The van der Waals surface area contributed by atoms with Crippen LogP contribution in [0.4, 0.5) is 0 Å². The van der Waals surface area contributed by atoms with E-state index in [0.717, 1.165) is 64.2 Å². The average Bonchev–Trinajstić information content (AvgIpc) is 2.99. The van der Waals surface area contributed by atoms with Gasteiger partial charge in [0, 0.05) is 12.8 Å². The van der Waals surface area contributed by atoms with Gasteiger partial charge in [-0.15, -0.1) is 0 Å². The van der Waals surface area contributed by atoms with E-state index in [-0.39, 0.29) is 18.5 Å². The van der Waals surface area contributed by atoms with Crippen molar-refractivity contribution >= 4 is 11.9 Å². The lowest BCUT2D eigenvalue weighted by molar-refractivity contribution is -0.151. The van der Waals surface area contributed by atoms with Crippen LogP contribution in [-0.4, -0.2) is 23.1 Å². The third-order valence-corrected chi connectivity index (χ3v) is 7.82. The number of esters is 1. The highest BCUT2D eigenvalue weighted by Gasteiger charge is 2.15. The van der Waals surface area contributed by atoms with Crippen LogP contribution in [0.5, 0.6) is 0 Å². The first-order valence-corrected chi connectivity index (χ1v) is 18.1. The van der Waals surface area contributed by atoms with Crippen LogP contribution in [0.15, 0.2) is 48.6 Å². The topological polar surface area (TPSA) is 63.6 Å². The fraction of sp³-hybridized carbons (Fsp3) is 0.744. The van der Waals surface area contributed by atoms with Crippen LogP contribution in [0.3, 0.4) is 0 Å². The number of ether oxygens (including phenoxy) is 1. The van der Waals surface area contributed by atoms with E-state index in [9.17, 15) is 9.59 Å². The summed E-state index contributed by atoms with van der Waals surface area (Å²) in [4.78, 5) is 23.4. The van der Waals surface area contributed by atoms with Gasteiger partial charge in [0.2, 0.25) is 0 Å². The zero-order chi connectivity index (χ0) is 31.5. The molecule has 0 saturated heterocycles. The molecule has 1 N–H and O–H groups in total. The molecule has 0 amide bonds. The molecule has 43 heavy (non-hydrogen) atoms. The number of carbonyl (C=O) groups excluding carboxylic acids is 1. The van der Waals surface area contributed by atoms with Gasteiger partial charge in [-0.3, -0.25) is 9.59 Å². The maximum absolute atomic E-state index is 12.4. The third kappa shape index (κ3) is 34.3. The minimum absolute atomic E-state index is 0.0643. The van der Waals surface area contributed by atoms with Gasteiger partial charge in [-0.05, 0) is 70.6 Å². The average molecular weight is 601 g/mol. The molecule has 0 aliphatic rings. The molecule has 4 heteroatoms. The van der Waals surface area contributed by atoms with Gasteiger partial charge in [-0.2, -0.15) is 0 Å². The highest BCUT2D eigenvalue weighted by Crippen LogP contribution is 2.17. The highest BCUT2D eigenvalue weighted by molar-refractivity contribution is 5.69. The molecule has 1 atom stereocenters. The van der Waals surface area contributed by atoms with Gasteiger partial charge in [-0.1, -0.05) is 146 Å². The Hall–Kier alpha value is -2.10. The normalized spacial score (nSPS) is 12.8. The van der Waals surface area contributed by atoms with Gasteiger partial charge in [0.1, 0.15) is 6.10 Å². The summed E-state index contributed by atoms with van der Waals surface area (Å²) < 4.78 is 5.69. The molecule has 0 saturated carbocycles. The Labute approximate surface area is 266 Å². The predicted octanol–water partition coefficient (Wildman–Crippen LogP) is 12.4. The van der Waals surface area contributed by atoms with Crippen LogP contribution in [0.25, 0.3) is 0 Å². The smallest absolute Gasteiger partial charge is 0.306 e. The molecular weight excluding hydrogens is 532 g/mol. The summed E-state index contributed by atoms with van der Waals surface area (Å²) in [5, 5.41) is 9.06. The van der Waals surface area contributed by atoms with E-state index in [2.05, 4.69) is 62.5 Å². The first-order valence-electron chi connectivity index (χ1n) is 18.1. The minimum Gasteiger partial charge on any atom is -0.481 e. The zero-order valence-corrected chi connectivity index (χ0v) is 28.3. The summed E-state index contributed by atoms with van der Waals surface area (Å²) in [5.41, 5.74) is 0. The molecular formula is C39H68O4. The number of aliphatic carboxylic acids is 1. The van der Waals surface area contributed by atoms with Crippen molar-refractivity contribution in [2.24, 2.45) is 0 Å². The molecule has 4 nitrogen and oxygen atoms in total. The minimum atomic E-state index is -0.820. The molecule has 0 aromatic carbocycles. The lowest BCUT2D eigenvalue weighted by atomic mass is 10.0. The Kier molecular flexibility index (Phi) is 32.7. The van der Waals surface area contributed by atoms with E-state index in [4.69, 9.17) is 9.84 Å². The van der Waals surface area contributed by atoms with Crippen molar-refractivity contribution in [3.8, 4) is 0 Å². The molecule has 0 radical (unpaired) electrons. The molecule has 0 heterocycles. The Bertz CT molecular complexity index is 734. The second kappa shape index (κ2) is 34.4. The molecule has 248 valence electrons. The number of carboxylic acids is 1. The Morgan fingerprint density at radius 1 is 0.512 bits per heavy atom. The van der Waals surface area contributed by atoms with E-state index >= 15 is 0 Å². The first kappa shape index (κ1) is 40.9. The number of unbranched alkanes of at least 4 members (excludes halogenated alkanes) is 16. The number of hydrogen-bond donors (Lipinski definition) is 1. The number of hydrogen-bond acceptors (Lipinski definition) is 3. The van der Waals surface area contributed by atoms with Gasteiger partial charge < -0.3 is 9.84 Å². The number of carboxylic acid groups (broad SMARTS) is 1. The van der Waals surface area contributed by atoms with Crippen molar-refractivity contribution in [3.63, 3.8) is 0 Å². The van der Waals surface area contributed by atoms with E-state index in [1.54, 1.807) is 0 Å². The standard InChI is InChI=1S/C39H68O4/c1-3-5-7-9-11-13-14-15-16-17-18-19-20-21-22-23-24-26-28-30-32-34-39(42)43-37(35-36-38(40)41)33-31-29-27-25-12-10-8-6-4-2/h11,13,15-16,18-19,21-22,37H,3-10,12,14,17,20,23-36H2,1-2H3,(H,40,41)/b13-11-,16-15-,19-18-,22-21-. The Balaban J connectivity index is 3.78. The van der Waals surface area contributed by atoms with Crippen LogP contribution >= 0.6 is 0 Å². The molecule has 0 aromatic rings. The molecule has 0 bridgehead atoms. The maximum atomic E-state index is 12.4. The second-order valence-corrected chi connectivity index (χ2v) is 12.1.